The molecular weight excluding hydrogens is 530 g/mol. The van der Waals surface area contributed by atoms with Crippen molar-refractivity contribution in [2.45, 2.75) is 38.4 Å². The second kappa shape index (κ2) is 7.90. The van der Waals surface area contributed by atoms with E-state index in [0.717, 1.165) is 0 Å². The van der Waals surface area contributed by atoms with Crippen LogP contribution in [0.5, 0.6) is 0 Å². The molecule has 0 aromatic rings. The molecule has 1 aliphatic rings. The van der Waals surface area contributed by atoms with Gasteiger partial charge in [-0.3, -0.25) is 4.79 Å². The average molecular weight is 546 g/mol. The van der Waals surface area contributed by atoms with Gasteiger partial charge in [0, 0.05) is 0 Å². The highest BCUT2D eigenvalue weighted by Gasteiger charge is 2.63. The number of halogens is 3. The first-order valence-corrected chi connectivity index (χ1v) is 8.82. The van der Waals surface area contributed by atoms with E-state index in [-0.39, 0.29) is 0 Å². The molecule has 0 spiro atoms. The molecule has 0 aromatic carbocycles. The van der Waals surface area contributed by atoms with Gasteiger partial charge < -0.3 is 41.1 Å². The predicted octanol–water partition coefficient (Wildman–Crippen LogP) is -2.42. The van der Waals surface area contributed by atoms with Crippen LogP contribution in [0, 0.1) is 5.92 Å². The van der Waals surface area contributed by atoms with Gasteiger partial charge in [-0.25, -0.2) is 4.79 Å². The number of hydrogen-bond donors (Lipinski definition) is 7. The second-order valence-corrected chi connectivity index (χ2v) is 12.0. The summed E-state index contributed by atoms with van der Waals surface area (Å²) in [5, 5.41) is 58.1. The van der Waals surface area contributed by atoms with Gasteiger partial charge in [0.25, 0.3) is 5.79 Å². The van der Waals surface area contributed by atoms with Crippen molar-refractivity contribution in [3.63, 3.8) is 0 Å². The molecule has 10 nitrogen and oxygen atoms in total. The van der Waals surface area contributed by atoms with Gasteiger partial charge in [0.05, 0.1) is 18.8 Å². The monoisotopic (exact) mass is 543 g/mol. The highest BCUT2D eigenvalue weighted by atomic mass is 80.0. The number of ketones is 1. The summed E-state index contributed by atoms with van der Waals surface area (Å²) in [6.07, 6.45) is -7.43. The average Bonchev–Trinajstić information content (AvgIpc) is 2.48. The molecule has 8 N–H and O–H groups in total. The maximum absolute atomic E-state index is 12.4. The van der Waals surface area contributed by atoms with E-state index in [1.54, 1.807) is 0 Å². The highest BCUT2D eigenvalue weighted by molar-refractivity contribution is 9.40. The normalized spacial score (nSPS) is 36.9. The van der Waals surface area contributed by atoms with Crippen LogP contribution in [0.2, 0.25) is 0 Å². The fourth-order valence-electron chi connectivity index (χ4n) is 2.32. The van der Waals surface area contributed by atoms with Crippen molar-refractivity contribution in [1.82, 2.24) is 0 Å². The number of carboxylic acid groups (broad SMARTS) is 1. The Kier molecular flexibility index (Phi) is 7.35. The third kappa shape index (κ3) is 4.16. The van der Waals surface area contributed by atoms with Gasteiger partial charge in [-0.05, 0) is 0 Å². The Balaban J connectivity index is 3.32. The quantitative estimate of drug-likeness (QED) is 0.183. The maximum Gasteiger partial charge on any atom is 0.365 e. The summed E-state index contributed by atoms with van der Waals surface area (Å²) in [5.41, 5.74) is 5.68. The van der Waals surface area contributed by atoms with Gasteiger partial charge in [0.1, 0.15) is 24.2 Å². The van der Waals surface area contributed by atoms with E-state index in [1.165, 1.54) is 0 Å². The summed E-state index contributed by atoms with van der Waals surface area (Å²) >= 11 is 8.57. The number of carbonyl (C=O) groups is 2. The third-order valence-corrected chi connectivity index (χ3v) is 4.81. The molecule has 1 saturated heterocycles. The molecule has 140 valence electrons. The minimum absolute atomic E-state index is 0.912. The number of rotatable bonds is 5. The zero-order valence-corrected chi connectivity index (χ0v) is 16.5. The molecule has 7 atom stereocenters. The molecule has 1 heterocycles. The number of nitrogens with two attached hydrogens (primary N) is 1. The second-order valence-electron chi connectivity index (χ2n) is 5.23. The molecular formula is C11H16Br3NO9. The number of ether oxygens (including phenoxy) is 1. The number of hydrogen-bond acceptors (Lipinski definition) is 9. The molecule has 1 rings (SSSR count). The number of carbonyl (C=O) groups excluding carboxylic acids is 1. The van der Waals surface area contributed by atoms with Crippen molar-refractivity contribution in [2.24, 2.45) is 11.7 Å². The van der Waals surface area contributed by atoms with Gasteiger partial charge in [0.15, 0.2) is 7.93 Å². The van der Waals surface area contributed by atoms with E-state index in [1.807, 2.05) is 0 Å². The zero-order chi connectivity index (χ0) is 19.0. The summed E-state index contributed by atoms with van der Waals surface area (Å²) in [6, 6.07) is -1.55. The first-order valence-electron chi connectivity index (χ1n) is 6.44. The summed E-state index contributed by atoms with van der Waals surface area (Å²) < 4.78 is 3.22. The lowest BCUT2D eigenvalue weighted by molar-refractivity contribution is -0.311. The van der Waals surface area contributed by atoms with Crippen LogP contribution in [0.4, 0.5) is 0 Å². The Bertz CT molecular complexity index is 502. The van der Waals surface area contributed by atoms with E-state index >= 15 is 0 Å². The predicted molar refractivity (Wildman–Crippen MR) is 88.5 cm³/mol. The molecule has 1 aliphatic heterocycles. The summed E-state index contributed by atoms with van der Waals surface area (Å²) in [7, 11) is 0. The molecule has 0 bridgehead atoms. The van der Waals surface area contributed by atoms with Gasteiger partial charge in [-0.15, -0.1) is 0 Å². The van der Waals surface area contributed by atoms with Crippen LogP contribution in [-0.4, -0.2) is 87.4 Å². The Morgan fingerprint density at radius 2 is 1.79 bits per heavy atom. The Morgan fingerprint density at radius 1 is 1.29 bits per heavy atom. The lowest BCUT2D eigenvalue weighted by Gasteiger charge is -2.47. The molecule has 0 amide bonds. The maximum atomic E-state index is 12.4. The third-order valence-electron chi connectivity index (χ3n) is 3.64. The molecule has 24 heavy (non-hydrogen) atoms. The summed E-state index contributed by atoms with van der Waals surface area (Å²) in [5.74, 6) is -8.35. The largest absolute Gasteiger partial charge is 0.477 e. The van der Waals surface area contributed by atoms with Gasteiger partial charge >= 0.3 is 5.97 Å². The topological polar surface area (TPSA) is 191 Å². The summed E-state index contributed by atoms with van der Waals surface area (Å²) in [4.78, 5) is 23.8. The van der Waals surface area contributed by atoms with Crippen LogP contribution in [0.15, 0.2) is 0 Å². The van der Waals surface area contributed by atoms with E-state index in [9.17, 15) is 35.1 Å². The standard InChI is InChI=1S/C11H16Br3NO9/c12-11(13,14)8(20)3-6(19)4(15)7(5(18)2(17)1-16)24-10(3,23)9(21)22/h2-7,16-19,23H,1,15H2,(H,21,22)/t2-,3?,4-,5-,6+,7-,10?/m1/s1. The van der Waals surface area contributed by atoms with Crippen molar-refractivity contribution in [3.05, 3.63) is 0 Å². The first-order chi connectivity index (χ1) is 10.8. The van der Waals surface area contributed by atoms with Crippen LogP contribution < -0.4 is 5.73 Å². The Hall–Kier alpha value is 0.300. The van der Waals surface area contributed by atoms with Crippen molar-refractivity contribution < 1.29 is 45.0 Å². The van der Waals surface area contributed by atoms with Gasteiger partial charge in [-0.1, -0.05) is 47.8 Å². The summed E-state index contributed by atoms with van der Waals surface area (Å²) in [6.45, 7) is -0.912. The van der Waals surface area contributed by atoms with Crippen molar-refractivity contribution >= 4 is 59.5 Å². The lowest BCUT2D eigenvalue weighted by Crippen LogP contribution is -2.72. The number of aliphatic carboxylic acids is 1. The number of alkyl halides is 3. The number of carboxylic acids is 1. The Labute approximate surface area is 161 Å². The first kappa shape index (κ1) is 22.3. The zero-order valence-electron chi connectivity index (χ0n) is 11.8. The number of Topliss-reactive ketones (excluding diaryl/α,β-unsaturated/α-hetero) is 1. The fraction of sp³-hybridized carbons (Fsp3) is 0.818. The van der Waals surface area contributed by atoms with Gasteiger partial charge in [0.2, 0.25) is 0 Å². The van der Waals surface area contributed by atoms with E-state index < -0.39 is 62.7 Å². The molecule has 0 radical (unpaired) electrons. The van der Waals surface area contributed by atoms with Crippen LogP contribution >= 0.6 is 47.8 Å². The molecule has 13 heteroatoms. The minimum Gasteiger partial charge on any atom is -0.477 e. The van der Waals surface area contributed by atoms with Crippen LogP contribution in [0.3, 0.4) is 0 Å². The van der Waals surface area contributed by atoms with E-state index in [4.69, 9.17) is 15.6 Å². The SMILES string of the molecule is N[C@H]1[C@H]([C@H](O)[C@H](O)CO)OC(O)(C(=O)O)C(C(=O)C(Br)(Br)Br)[C@@H]1O. The van der Waals surface area contributed by atoms with E-state index in [2.05, 4.69) is 47.8 Å². The smallest absolute Gasteiger partial charge is 0.365 e. The molecule has 0 aliphatic carbocycles. The van der Waals surface area contributed by atoms with Crippen LogP contribution in [0.1, 0.15) is 0 Å². The Morgan fingerprint density at radius 3 is 2.17 bits per heavy atom. The molecule has 2 unspecified atom stereocenters. The van der Waals surface area contributed by atoms with Crippen LogP contribution in [0.25, 0.3) is 0 Å². The number of aliphatic hydroxyl groups is 5. The van der Waals surface area contributed by atoms with Crippen molar-refractivity contribution in [2.75, 3.05) is 6.61 Å². The highest BCUT2D eigenvalue weighted by Crippen LogP contribution is 2.44. The molecule has 0 saturated carbocycles. The lowest BCUT2D eigenvalue weighted by atomic mass is 9.79. The van der Waals surface area contributed by atoms with Gasteiger partial charge in [-0.2, -0.15) is 0 Å². The minimum atomic E-state index is -3.24. The molecule has 1 fully saturated rings. The van der Waals surface area contributed by atoms with E-state index in [0.29, 0.717) is 0 Å². The van der Waals surface area contributed by atoms with Crippen molar-refractivity contribution in [1.29, 1.82) is 0 Å². The fourth-order valence-corrected chi connectivity index (χ4v) is 3.06. The number of aliphatic hydroxyl groups excluding tert-OH is 4. The molecule has 0 aromatic heterocycles. The van der Waals surface area contributed by atoms with Crippen molar-refractivity contribution in [3.8, 4) is 0 Å². The van der Waals surface area contributed by atoms with Crippen LogP contribution in [-0.2, 0) is 14.3 Å².